The predicted molar refractivity (Wildman–Crippen MR) is 85.8 cm³/mol. The minimum Gasteiger partial charge on any atom is -0.395 e. The summed E-state index contributed by atoms with van der Waals surface area (Å²) in [6, 6.07) is 17.5. The predicted octanol–water partition coefficient (Wildman–Crippen LogP) is 4.68. The van der Waals surface area contributed by atoms with Crippen LogP contribution in [0.1, 0.15) is 13.3 Å². The van der Waals surface area contributed by atoms with E-state index in [1.54, 1.807) is 48.5 Å². The van der Waals surface area contributed by atoms with Crippen molar-refractivity contribution in [2.75, 3.05) is 6.61 Å². The molecule has 0 spiro atoms. The summed E-state index contributed by atoms with van der Waals surface area (Å²) < 4.78 is 28.9. The number of rotatable bonds is 6. The van der Waals surface area contributed by atoms with Crippen molar-refractivity contribution in [2.24, 2.45) is 0 Å². The molecular formula is C17H17O4P. The average Bonchev–Trinajstić information content (AvgIpc) is 2.53. The SMILES string of the molecule is CCC#CCOP(=O)(Oc1ccccc1)Oc1ccccc1. The van der Waals surface area contributed by atoms with Crippen LogP contribution < -0.4 is 9.05 Å². The molecule has 0 fully saturated rings. The highest BCUT2D eigenvalue weighted by molar-refractivity contribution is 7.49. The van der Waals surface area contributed by atoms with E-state index in [1.807, 2.05) is 19.1 Å². The van der Waals surface area contributed by atoms with E-state index in [4.69, 9.17) is 13.6 Å². The van der Waals surface area contributed by atoms with E-state index in [0.29, 0.717) is 17.9 Å². The van der Waals surface area contributed by atoms with E-state index < -0.39 is 7.82 Å². The smallest absolute Gasteiger partial charge is 0.395 e. The van der Waals surface area contributed by atoms with Crippen molar-refractivity contribution in [3.8, 4) is 23.3 Å². The molecule has 0 heterocycles. The van der Waals surface area contributed by atoms with Gasteiger partial charge in [0.05, 0.1) is 0 Å². The van der Waals surface area contributed by atoms with Gasteiger partial charge in [-0.15, -0.1) is 5.92 Å². The number of para-hydroxylation sites is 2. The summed E-state index contributed by atoms with van der Waals surface area (Å²) in [6.07, 6.45) is 0.701. The molecule has 0 aromatic heterocycles. The van der Waals surface area contributed by atoms with Crippen molar-refractivity contribution < 1.29 is 18.1 Å². The summed E-state index contributed by atoms with van der Waals surface area (Å²) in [4.78, 5) is 0. The van der Waals surface area contributed by atoms with Gasteiger partial charge in [-0.05, 0) is 24.3 Å². The van der Waals surface area contributed by atoms with Crippen LogP contribution >= 0.6 is 7.82 Å². The number of hydrogen-bond acceptors (Lipinski definition) is 4. The highest BCUT2D eigenvalue weighted by Crippen LogP contribution is 2.49. The summed E-state index contributed by atoms with van der Waals surface area (Å²) >= 11 is 0. The summed E-state index contributed by atoms with van der Waals surface area (Å²) in [5, 5.41) is 0. The van der Waals surface area contributed by atoms with Crippen LogP contribution in [0.2, 0.25) is 0 Å². The Balaban J connectivity index is 2.14. The topological polar surface area (TPSA) is 44.8 Å². The molecule has 2 rings (SSSR count). The molecule has 22 heavy (non-hydrogen) atoms. The van der Waals surface area contributed by atoms with Crippen LogP contribution in [0.4, 0.5) is 0 Å². The lowest BCUT2D eigenvalue weighted by Gasteiger charge is -2.18. The van der Waals surface area contributed by atoms with Crippen LogP contribution in [0.25, 0.3) is 0 Å². The van der Waals surface area contributed by atoms with E-state index in [9.17, 15) is 4.57 Å². The van der Waals surface area contributed by atoms with Crippen molar-refractivity contribution >= 4 is 7.82 Å². The number of benzene rings is 2. The maximum Gasteiger partial charge on any atom is 0.588 e. The fraction of sp³-hybridized carbons (Fsp3) is 0.176. The van der Waals surface area contributed by atoms with Gasteiger partial charge in [-0.3, -0.25) is 4.52 Å². The quantitative estimate of drug-likeness (QED) is 0.573. The van der Waals surface area contributed by atoms with Gasteiger partial charge in [0.2, 0.25) is 0 Å². The summed E-state index contributed by atoms with van der Waals surface area (Å²) in [5.74, 6) is 6.41. The molecule has 0 bridgehead atoms. The molecule has 0 radical (unpaired) electrons. The van der Waals surface area contributed by atoms with E-state index in [1.165, 1.54) is 0 Å². The van der Waals surface area contributed by atoms with Crippen LogP contribution in [0.15, 0.2) is 60.7 Å². The Labute approximate surface area is 130 Å². The van der Waals surface area contributed by atoms with E-state index >= 15 is 0 Å². The second-order valence-corrected chi connectivity index (χ2v) is 5.75. The zero-order chi connectivity index (χ0) is 15.7. The molecule has 0 unspecified atom stereocenters. The van der Waals surface area contributed by atoms with Gasteiger partial charge in [0.1, 0.15) is 18.1 Å². The summed E-state index contributed by atoms with van der Waals surface area (Å²) in [5.41, 5.74) is 0. The Hall–Kier alpha value is -2.21. The molecule has 0 aliphatic heterocycles. The molecule has 114 valence electrons. The molecule has 0 N–H and O–H groups in total. The third kappa shape index (κ3) is 5.29. The molecule has 0 amide bonds. The van der Waals surface area contributed by atoms with E-state index in [2.05, 4.69) is 11.8 Å². The largest absolute Gasteiger partial charge is 0.588 e. The van der Waals surface area contributed by atoms with Gasteiger partial charge in [-0.1, -0.05) is 49.2 Å². The number of hydrogen-bond donors (Lipinski definition) is 0. The molecule has 0 aliphatic carbocycles. The Morgan fingerprint density at radius 1 is 0.864 bits per heavy atom. The molecular weight excluding hydrogens is 299 g/mol. The van der Waals surface area contributed by atoms with Crippen molar-refractivity contribution in [1.82, 2.24) is 0 Å². The van der Waals surface area contributed by atoms with Crippen molar-refractivity contribution in [1.29, 1.82) is 0 Å². The Kier molecular flexibility index (Phi) is 6.09. The minimum atomic E-state index is -3.81. The summed E-state index contributed by atoms with van der Waals surface area (Å²) in [7, 11) is -3.81. The third-order valence-corrected chi connectivity index (χ3v) is 3.83. The standard InChI is InChI=1S/C17H17O4P/c1-2-3-10-15-19-22(18,20-16-11-6-4-7-12-16)21-17-13-8-5-9-14-17/h4-9,11-14H,2,15H2,1H3. The fourth-order valence-electron chi connectivity index (χ4n) is 1.58. The van der Waals surface area contributed by atoms with Crippen LogP contribution in [0.5, 0.6) is 11.5 Å². The molecule has 0 atom stereocenters. The minimum absolute atomic E-state index is 0.0230. The molecule has 5 heteroatoms. The normalized spacial score (nSPS) is 10.4. The highest BCUT2D eigenvalue weighted by atomic mass is 31.2. The second-order valence-electron chi connectivity index (χ2n) is 4.24. The summed E-state index contributed by atoms with van der Waals surface area (Å²) in [6.45, 7) is 1.90. The van der Waals surface area contributed by atoms with Gasteiger partial charge in [0.25, 0.3) is 0 Å². The first-order valence-corrected chi connectivity index (χ1v) is 8.37. The fourth-order valence-corrected chi connectivity index (χ4v) is 2.70. The van der Waals surface area contributed by atoms with E-state index in [-0.39, 0.29) is 6.61 Å². The first-order chi connectivity index (χ1) is 10.7. The zero-order valence-electron chi connectivity index (χ0n) is 12.3. The van der Waals surface area contributed by atoms with Gasteiger partial charge < -0.3 is 9.05 Å². The molecule has 2 aromatic rings. The Morgan fingerprint density at radius 3 is 1.82 bits per heavy atom. The Morgan fingerprint density at radius 2 is 1.36 bits per heavy atom. The maximum absolute atomic E-state index is 12.8. The first-order valence-electron chi connectivity index (χ1n) is 6.91. The monoisotopic (exact) mass is 316 g/mol. The second kappa shape index (κ2) is 8.29. The van der Waals surface area contributed by atoms with Gasteiger partial charge in [-0.25, -0.2) is 4.57 Å². The highest BCUT2D eigenvalue weighted by Gasteiger charge is 2.30. The van der Waals surface area contributed by atoms with Crippen molar-refractivity contribution in [2.45, 2.75) is 13.3 Å². The van der Waals surface area contributed by atoms with Gasteiger partial charge in [0, 0.05) is 6.42 Å². The molecule has 0 aliphatic rings. The zero-order valence-corrected chi connectivity index (χ0v) is 13.2. The molecule has 0 saturated heterocycles. The van der Waals surface area contributed by atoms with Gasteiger partial charge >= 0.3 is 7.82 Å². The third-order valence-electron chi connectivity index (χ3n) is 2.52. The first kappa shape index (κ1) is 16.2. The van der Waals surface area contributed by atoms with Gasteiger partial charge in [-0.2, -0.15) is 0 Å². The molecule has 0 saturated carbocycles. The Bertz CT molecular complexity index is 629. The number of phosphoric acid groups is 1. The van der Waals surface area contributed by atoms with Gasteiger partial charge in [0.15, 0.2) is 0 Å². The lowest BCUT2D eigenvalue weighted by atomic mass is 10.3. The average molecular weight is 316 g/mol. The van der Waals surface area contributed by atoms with Crippen LogP contribution in [0.3, 0.4) is 0 Å². The van der Waals surface area contributed by atoms with Crippen LogP contribution in [0, 0.1) is 11.8 Å². The molecule has 2 aromatic carbocycles. The van der Waals surface area contributed by atoms with Crippen LogP contribution in [-0.2, 0) is 9.09 Å². The number of phosphoric ester groups is 1. The van der Waals surface area contributed by atoms with Crippen LogP contribution in [-0.4, -0.2) is 6.61 Å². The maximum atomic E-state index is 12.8. The van der Waals surface area contributed by atoms with Crippen molar-refractivity contribution in [3.05, 3.63) is 60.7 Å². The van der Waals surface area contributed by atoms with Crippen molar-refractivity contribution in [3.63, 3.8) is 0 Å². The lowest BCUT2D eigenvalue weighted by Crippen LogP contribution is -2.05. The lowest BCUT2D eigenvalue weighted by molar-refractivity contribution is 0.232. The van der Waals surface area contributed by atoms with E-state index in [0.717, 1.165) is 0 Å². The molecule has 4 nitrogen and oxygen atoms in total.